The van der Waals surface area contributed by atoms with Crippen LogP contribution < -0.4 is 5.32 Å². The number of hydrogen-bond acceptors (Lipinski definition) is 6. The molecule has 40 heavy (non-hydrogen) atoms. The SMILES string of the molecule is CCc1cccc(C)c1NC(=O)CSc1nnc(-c2nnn(-c3cc(Cl)c(Cl)cc3Cl)c2C)n1-c1ccccc1. The van der Waals surface area contributed by atoms with Crippen molar-refractivity contribution < 1.29 is 4.79 Å². The van der Waals surface area contributed by atoms with E-state index in [4.69, 9.17) is 34.8 Å². The summed E-state index contributed by atoms with van der Waals surface area (Å²) in [4.78, 5) is 13.0. The molecular formula is C28H24Cl3N7OS. The van der Waals surface area contributed by atoms with Crippen molar-refractivity contribution in [2.45, 2.75) is 32.3 Å². The molecular weight excluding hydrogens is 589 g/mol. The van der Waals surface area contributed by atoms with E-state index in [2.05, 4.69) is 32.7 Å². The average Bonchev–Trinajstić information content (AvgIpc) is 3.54. The molecule has 3 aromatic carbocycles. The van der Waals surface area contributed by atoms with E-state index < -0.39 is 0 Å². The third-order valence-corrected chi connectivity index (χ3v) is 8.26. The smallest absolute Gasteiger partial charge is 0.234 e. The van der Waals surface area contributed by atoms with Crippen molar-refractivity contribution in [2.75, 3.05) is 11.1 Å². The number of aromatic nitrogens is 6. The molecule has 8 nitrogen and oxygen atoms in total. The van der Waals surface area contributed by atoms with Crippen molar-refractivity contribution in [3.8, 4) is 22.9 Å². The number of para-hydroxylation sites is 2. The molecule has 204 valence electrons. The third-order valence-electron chi connectivity index (χ3n) is 6.31. The van der Waals surface area contributed by atoms with Gasteiger partial charge in [0.25, 0.3) is 0 Å². The lowest BCUT2D eigenvalue weighted by Crippen LogP contribution is -2.16. The van der Waals surface area contributed by atoms with E-state index in [-0.39, 0.29) is 11.7 Å². The van der Waals surface area contributed by atoms with Gasteiger partial charge in [-0.1, -0.05) is 95.1 Å². The molecule has 0 fully saturated rings. The van der Waals surface area contributed by atoms with E-state index in [1.807, 2.05) is 66.9 Å². The van der Waals surface area contributed by atoms with Crippen molar-refractivity contribution in [3.05, 3.63) is 92.6 Å². The lowest BCUT2D eigenvalue weighted by molar-refractivity contribution is -0.113. The number of carbonyl (C=O) groups excluding carboxylic acids is 1. The van der Waals surface area contributed by atoms with Crippen molar-refractivity contribution in [1.29, 1.82) is 0 Å². The van der Waals surface area contributed by atoms with Gasteiger partial charge in [-0.3, -0.25) is 9.36 Å². The maximum atomic E-state index is 13.0. The zero-order valence-electron chi connectivity index (χ0n) is 21.8. The standard InChI is InChI=1S/C28H24Cl3N7OS/c1-4-18-10-8-9-16(2)25(18)32-24(39)15-40-28-35-34-27(37(28)19-11-6-5-7-12-19)26-17(3)38(36-33-26)23-14-21(30)20(29)13-22(23)31/h5-14H,4,15H2,1-3H3,(H,32,39). The summed E-state index contributed by atoms with van der Waals surface area (Å²) in [5, 5.41) is 22.3. The van der Waals surface area contributed by atoms with Crippen molar-refractivity contribution in [2.24, 2.45) is 0 Å². The number of thioether (sulfide) groups is 1. The van der Waals surface area contributed by atoms with Crippen LogP contribution >= 0.6 is 46.6 Å². The summed E-state index contributed by atoms with van der Waals surface area (Å²) in [5.41, 5.74) is 5.50. The Morgan fingerprint density at radius 3 is 2.42 bits per heavy atom. The molecule has 1 amide bonds. The molecule has 2 heterocycles. The van der Waals surface area contributed by atoms with Crippen LogP contribution in [0, 0.1) is 13.8 Å². The zero-order valence-corrected chi connectivity index (χ0v) is 24.9. The van der Waals surface area contributed by atoms with Crippen LogP contribution in [0.5, 0.6) is 0 Å². The molecule has 0 aliphatic rings. The topological polar surface area (TPSA) is 90.5 Å². The minimum Gasteiger partial charge on any atom is -0.325 e. The minimum absolute atomic E-state index is 0.130. The Morgan fingerprint density at radius 2 is 1.68 bits per heavy atom. The Hall–Kier alpha value is -3.37. The fourth-order valence-corrected chi connectivity index (χ4v) is 5.65. The second-order valence-electron chi connectivity index (χ2n) is 8.93. The molecule has 12 heteroatoms. The van der Waals surface area contributed by atoms with Crippen molar-refractivity contribution in [1.82, 2.24) is 29.8 Å². The van der Waals surface area contributed by atoms with E-state index in [9.17, 15) is 4.79 Å². The van der Waals surface area contributed by atoms with E-state index in [0.29, 0.717) is 43.1 Å². The van der Waals surface area contributed by atoms with Crippen LogP contribution in [0.2, 0.25) is 15.1 Å². The number of nitrogens with zero attached hydrogens (tertiary/aromatic N) is 6. The molecule has 0 saturated heterocycles. The molecule has 0 saturated carbocycles. The fourth-order valence-electron chi connectivity index (χ4n) is 4.27. The summed E-state index contributed by atoms with van der Waals surface area (Å²) in [6.45, 7) is 5.91. The highest BCUT2D eigenvalue weighted by Gasteiger charge is 2.24. The molecule has 0 spiro atoms. The van der Waals surface area contributed by atoms with Gasteiger partial charge in [0.05, 0.1) is 32.2 Å². The number of benzene rings is 3. The molecule has 5 rings (SSSR count). The molecule has 0 bridgehead atoms. The zero-order chi connectivity index (χ0) is 28.4. The van der Waals surface area contributed by atoms with Gasteiger partial charge in [0, 0.05) is 11.4 Å². The predicted molar refractivity (Wildman–Crippen MR) is 161 cm³/mol. The Bertz CT molecular complexity index is 1700. The quantitative estimate of drug-likeness (QED) is 0.145. The molecule has 0 unspecified atom stereocenters. The number of nitrogens with one attached hydrogen (secondary N) is 1. The maximum Gasteiger partial charge on any atom is 0.234 e. The first kappa shape index (κ1) is 28.2. The molecule has 5 aromatic rings. The average molecular weight is 613 g/mol. The van der Waals surface area contributed by atoms with Crippen molar-refractivity contribution in [3.63, 3.8) is 0 Å². The highest BCUT2D eigenvalue weighted by atomic mass is 35.5. The van der Waals surface area contributed by atoms with Gasteiger partial charge in [-0.25, -0.2) is 4.68 Å². The van der Waals surface area contributed by atoms with E-state index >= 15 is 0 Å². The van der Waals surface area contributed by atoms with Gasteiger partial charge in [-0.15, -0.1) is 15.3 Å². The summed E-state index contributed by atoms with van der Waals surface area (Å²) in [6, 6.07) is 18.8. The molecule has 0 atom stereocenters. The summed E-state index contributed by atoms with van der Waals surface area (Å²) < 4.78 is 3.44. The summed E-state index contributed by atoms with van der Waals surface area (Å²) in [5.74, 6) is 0.489. The van der Waals surface area contributed by atoms with E-state index in [1.165, 1.54) is 11.8 Å². The minimum atomic E-state index is -0.130. The van der Waals surface area contributed by atoms with Gasteiger partial charge in [-0.2, -0.15) is 0 Å². The number of amides is 1. The van der Waals surface area contributed by atoms with Gasteiger partial charge in [-0.05, 0) is 55.7 Å². The second-order valence-corrected chi connectivity index (χ2v) is 11.1. The monoisotopic (exact) mass is 611 g/mol. The fraction of sp³-hybridized carbons (Fsp3) is 0.179. The highest BCUT2D eigenvalue weighted by molar-refractivity contribution is 7.99. The van der Waals surface area contributed by atoms with Crippen LogP contribution in [0.4, 0.5) is 5.69 Å². The van der Waals surface area contributed by atoms with Crippen LogP contribution in [-0.4, -0.2) is 41.4 Å². The van der Waals surface area contributed by atoms with Gasteiger partial charge >= 0.3 is 0 Å². The van der Waals surface area contributed by atoms with Crippen LogP contribution in [-0.2, 0) is 11.2 Å². The van der Waals surface area contributed by atoms with Crippen LogP contribution in [0.25, 0.3) is 22.9 Å². The molecule has 1 N–H and O–H groups in total. The number of carbonyl (C=O) groups is 1. The van der Waals surface area contributed by atoms with Gasteiger partial charge in [0.1, 0.15) is 0 Å². The summed E-state index contributed by atoms with van der Waals surface area (Å²) in [7, 11) is 0. The van der Waals surface area contributed by atoms with Gasteiger partial charge in [0.2, 0.25) is 5.91 Å². The lowest BCUT2D eigenvalue weighted by Gasteiger charge is -2.13. The van der Waals surface area contributed by atoms with Gasteiger partial charge in [0.15, 0.2) is 16.7 Å². The molecule has 0 aliphatic heterocycles. The number of hydrogen-bond donors (Lipinski definition) is 1. The lowest BCUT2D eigenvalue weighted by atomic mass is 10.1. The van der Waals surface area contributed by atoms with Crippen molar-refractivity contribution >= 4 is 58.2 Å². The third kappa shape index (κ3) is 5.60. The normalized spacial score (nSPS) is 11.2. The van der Waals surface area contributed by atoms with Crippen LogP contribution in [0.3, 0.4) is 0 Å². The predicted octanol–water partition coefficient (Wildman–Crippen LogP) is 7.39. The van der Waals surface area contributed by atoms with E-state index in [0.717, 1.165) is 28.9 Å². The number of rotatable bonds is 8. The Balaban J connectivity index is 1.48. The molecule has 0 aliphatic carbocycles. The first-order valence-corrected chi connectivity index (χ1v) is 14.5. The number of halogens is 3. The second kappa shape index (κ2) is 12.0. The number of anilines is 1. The van der Waals surface area contributed by atoms with E-state index in [1.54, 1.807) is 16.8 Å². The largest absolute Gasteiger partial charge is 0.325 e. The summed E-state index contributed by atoms with van der Waals surface area (Å²) >= 11 is 20.1. The van der Waals surface area contributed by atoms with Crippen LogP contribution in [0.15, 0.2) is 65.8 Å². The van der Waals surface area contributed by atoms with Gasteiger partial charge < -0.3 is 5.32 Å². The number of aryl methyl sites for hydroxylation is 2. The first-order valence-electron chi connectivity index (χ1n) is 12.4. The summed E-state index contributed by atoms with van der Waals surface area (Å²) in [6.07, 6.45) is 0.823. The Labute approximate surface area is 250 Å². The molecule has 0 radical (unpaired) electrons. The Kier molecular flexibility index (Phi) is 8.46. The first-order chi connectivity index (χ1) is 19.3. The highest BCUT2D eigenvalue weighted by Crippen LogP contribution is 2.34. The Morgan fingerprint density at radius 1 is 0.925 bits per heavy atom. The molecule has 2 aromatic heterocycles. The van der Waals surface area contributed by atoms with Crippen LogP contribution in [0.1, 0.15) is 23.7 Å². The maximum absolute atomic E-state index is 13.0.